The van der Waals surface area contributed by atoms with Crippen molar-refractivity contribution < 1.29 is 0 Å². The van der Waals surface area contributed by atoms with Crippen LogP contribution in [0.3, 0.4) is 0 Å². The van der Waals surface area contributed by atoms with Crippen LogP contribution in [0.25, 0.3) is 5.65 Å². The van der Waals surface area contributed by atoms with Gasteiger partial charge in [0.25, 0.3) is 0 Å². The third kappa shape index (κ3) is 2.36. The summed E-state index contributed by atoms with van der Waals surface area (Å²) in [6.07, 6.45) is 3.13. The van der Waals surface area contributed by atoms with Gasteiger partial charge in [-0.3, -0.25) is 9.30 Å². The highest BCUT2D eigenvalue weighted by Crippen LogP contribution is 2.16. The third-order valence-electron chi connectivity index (χ3n) is 3.37. The van der Waals surface area contributed by atoms with Gasteiger partial charge < -0.3 is 5.32 Å². The highest BCUT2D eigenvalue weighted by atomic mass is 35.5. The van der Waals surface area contributed by atoms with Gasteiger partial charge in [0, 0.05) is 19.6 Å². The maximum absolute atomic E-state index is 6.25. The summed E-state index contributed by atoms with van der Waals surface area (Å²) >= 11 is 6.25. The van der Waals surface area contributed by atoms with Gasteiger partial charge in [0.15, 0.2) is 0 Å². The zero-order valence-corrected chi connectivity index (χ0v) is 11.0. The summed E-state index contributed by atoms with van der Waals surface area (Å²) in [6, 6.07) is 5.83. The van der Waals surface area contributed by atoms with Gasteiger partial charge in [0.1, 0.15) is 10.8 Å². The fourth-order valence-corrected chi connectivity index (χ4v) is 2.72. The molecule has 0 spiro atoms. The van der Waals surface area contributed by atoms with E-state index in [-0.39, 0.29) is 0 Å². The molecule has 96 valence electrons. The van der Waals surface area contributed by atoms with Gasteiger partial charge in [0.2, 0.25) is 0 Å². The molecule has 0 aliphatic carbocycles. The Balaban J connectivity index is 1.85. The Kier molecular flexibility index (Phi) is 3.50. The molecule has 3 rings (SSSR count). The van der Waals surface area contributed by atoms with Crippen molar-refractivity contribution in [3.63, 3.8) is 0 Å². The molecular formula is C13H17ClN4. The summed E-state index contributed by atoms with van der Waals surface area (Å²) in [4.78, 5) is 6.86. The normalized spacial score (nSPS) is 18.1. The molecule has 2 aromatic heterocycles. The summed E-state index contributed by atoms with van der Waals surface area (Å²) in [6.45, 7) is 5.30. The molecule has 1 aliphatic rings. The van der Waals surface area contributed by atoms with Crippen LogP contribution >= 0.6 is 11.6 Å². The van der Waals surface area contributed by atoms with Crippen LogP contribution in [0.2, 0.25) is 5.15 Å². The zero-order chi connectivity index (χ0) is 12.4. The van der Waals surface area contributed by atoms with Crippen LogP contribution in [0.5, 0.6) is 0 Å². The van der Waals surface area contributed by atoms with Crippen LogP contribution < -0.4 is 5.32 Å². The Bertz CT molecular complexity index is 529. The lowest BCUT2D eigenvalue weighted by molar-refractivity contribution is 0.280. The van der Waals surface area contributed by atoms with Crippen LogP contribution in [0, 0.1) is 0 Å². The van der Waals surface area contributed by atoms with E-state index in [9.17, 15) is 0 Å². The number of nitrogens with one attached hydrogen (secondary N) is 1. The molecule has 0 unspecified atom stereocenters. The first-order chi connectivity index (χ1) is 8.84. The molecule has 1 aliphatic heterocycles. The average molecular weight is 265 g/mol. The molecule has 3 heterocycles. The third-order valence-corrected chi connectivity index (χ3v) is 3.67. The van der Waals surface area contributed by atoms with Gasteiger partial charge in [-0.2, -0.15) is 0 Å². The van der Waals surface area contributed by atoms with Gasteiger partial charge in [-0.25, -0.2) is 4.98 Å². The van der Waals surface area contributed by atoms with Crippen LogP contribution in [0.1, 0.15) is 12.1 Å². The van der Waals surface area contributed by atoms with E-state index >= 15 is 0 Å². The lowest BCUT2D eigenvalue weighted by atomic mass is 10.3. The molecule has 0 aromatic carbocycles. The van der Waals surface area contributed by atoms with E-state index in [1.54, 1.807) is 0 Å². The smallest absolute Gasteiger partial charge is 0.138 e. The lowest BCUT2D eigenvalue weighted by Gasteiger charge is -2.19. The summed E-state index contributed by atoms with van der Waals surface area (Å²) in [7, 11) is 0. The molecule has 0 amide bonds. The van der Waals surface area contributed by atoms with E-state index in [0.29, 0.717) is 0 Å². The van der Waals surface area contributed by atoms with E-state index in [0.717, 1.165) is 49.2 Å². The maximum Gasteiger partial charge on any atom is 0.138 e. The van der Waals surface area contributed by atoms with E-state index in [2.05, 4.69) is 15.2 Å². The molecule has 1 N–H and O–H groups in total. The highest BCUT2D eigenvalue weighted by Gasteiger charge is 2.12. The second-order valence-electron chi connectivity index (χ2n) is 4.67. The van der Waals surface area contributed by atoms with Crippen LogP contribution in [-0.4, -0.2) is 40.5 Å². The largest absolute Gasteiger partial charge is 0.315 e. The molecule has 1 fully saturated rings. The number of rotatable bonds is 2. The van der Waals surface area contributed by atoms with Crippen LogP contribution in [0.15, 0.2) is 24.4 Å². The van der Waals surface area contributed by atoms with Crippen LogP contribution in [0.4, 0.5) is 0 Å². The van der Waals surface area contributed by atoms with Crippen molar-refractivity contribution in [1.29, 1.82) is 0 Å². The molecule has 18 heavy (non-hydrogen) atoms. The quantitative estimate of drug-likeness (QED) is 0.840. The van der Waals surface area contributed by atoms with Gasteiger partial charge in [-0.1, -0.05) is 17.7 Å². The van der Waals surface area contributed by atoms with Crippen LogP contribution in [-0.2, 0) is 6.54 Å². The number of pyridine rings is 1. The second kappa shape index (κ2) is 5.26. The van der Waals surface area contributed by atoms with Gasteiger partial charge in [-0.15, -0.1) is 0 Å². The molecule has 0 saturated carbocycles. The molecule has 0 radical (unpaired) electrons. The minimum absolute atomic E-state index is 0.730. The summed E-state index contributed by atoms with van der Waals surface area (Å²) in [5, 5.41) is 4.14. The van der Waals surface area contributed by atoms with E-state index in [4.69, 9.17) is 11.6 Å². The van der Waals surface area contributed by atoms with Crippen molar-refractivity contribution in [2.45, 2.75) is 13.0 Å². The van der Waals surface area contributed by atoms with Crippen molar-refractivity contribution in [1.82, 2.24) is 19.6 Å². The number of halogens is 1. The van der Waals surface area contributed by atoms with Gasteiger partial charge in [-0.05, 0) is 31.6 Å². The Morgan fingerprint density at radius 3 is 3.17 bits per heavy atom. The van der Waals surface area contributed by atoms with Crippen molar-refractivity contribution in [2.24, 2.45) is 0 Å². The number of nitrogens with zero attached hydrogens (tertiary/aromatic N) is 3. The summed E-state index contributed by atoms with van der Waals surface area (Å²) < 4.78 is 2.03. The maximum atomic E-state index is 6.25. The molecule has 2 aromatic rings. The SMILES string of the molecule is Clc1cccc2ncc(CN3CCCNCC3)n12. The number of fused-ring (bicyclic) bond motifs is 1. The Labute approximate surface area is 112 Å². The van der Waals surface area contributed by atoms with Crippen molar-refractivity contribution >= 4 is 17.2 Å². The summed E-state index contributed by atoms with van der Waals surface area (Å²) in [5.41, 5.74) is 2.09. The molecule has 5 heteroatoms. The predicted octanol–water partition coefficient (Wildman–Crippen LogP) is 1.78. The molecule has 0 bridgehead atoms. The topological polar surface area (TPSA) is 32.6 Å². The number of imidazole rings is 1. The van der Waals surface area contributed by atoms with E-state index in [1.165, 1.54) is 6.42 Å². The predicted molar refractivity (Wildman–Crippen MR) is 73.0 cm³/mol. The first kappa shape index (κ1) is 12.0. The first-order valence-electron chi connectivity index (χ1n) is 6.38. The Hall–Kier alpha value is -1.10. The van der Waals surface area contributed by atoms with Gasteiger partial charge in [0.05, 0.1) is 11.9 Å². The fourth-order valence-electron chi connectivity index (χ4n) is 2.46. The van der Waals surface area contributed by atoms with Crippen molar-refractivity contribution in [3.05, 3.63) is 35.2 Å². The Morgan fingerprint density at radius 1 is 1.28 bits per heavy atom. The first-order valence-corrected chi connectivity index (χ1v) is 6.76. The summed E-state index contributed by atoms with van der Waals surface area (Å²) in [5.74, 6) is 0. The molecular weight excluding hydrogens is 248 g/mol. The second-order valence-corrected chi connectivity index (χ2v) is 5.06. The molecule has 0 atom stereocenters. The fraction of sp³-hybridized carbons (Fsp3) is 0.462. The zero-order valence-electron chi connectivity index (χ0n) is 10.3. The number of hydrogen-bond donors (Lipinski definition) is 1. The number of hydrogen-bond acceptors (Lipinski definition) is 3. The minimum Gasteiger partial charge on any atom is -0.315 e. The average Bonchev–Trinajstić information content (AvgIpc) is 2.60. The van der Waals surface area contributed by atoms with Gasteiger partial charge >= 0.3 is 0 Å². The number of aromatic nitrogens is 2. The minimum atomic E-state index is 0.730. The van der Waals surface area contributed by atoms with E-state index < -0.39 is 0 Å². The monoisotopic (exact) mass is 264 g/mol. The van der Waals surface area contributed by atoms with Crippen molar-refractivity contribution in [3.8, 4) is 0 Å². The molecule has 1 saturated heterocycles. The van der Waals surface area contributed by atoms with Crippen molar-refractivity contribution in [2.75, 3.05) is 26.2 Å². The highest BCUT2D eigenvalue weighted by molar-refractivity contribution is 6.29. The lowest BCUT2D eigenvalue weighted by Crippen LogP contribution is -2.28. The van der Waals surface area contributed by atoms with E-state index in [1.807, 2.05) is 28.8 Å². The Morgan fingerprint density at radius 2 is 2.22 bits per heavy atom. The molecule has 4 nitrogen and oxygen atoms in total. The standard InChI is InChI=1S/C13H17ClN4/c14-12-3-1-4-13-16-9-11(18(12)13)10-17-7-2-5-15-6-8-17/h1,3-4,9,15H,2,5-8,10H2.